The van der Waals surface area contributed by atoms with E-state index < -0.39 is 4.92 Å². The molecule has 0 saturated carbocycles. The molecule has 0 aliphatic rings. The number of nitro benzene ring substituents is 1. The molecule has 84 valence electrons. The molecule has 0 spiro atoms. The smallest absolute Gasteiger partial charge is 0.258 e. The van der Waals surface area contributed by atoms with Crippen LogP contribution in [0.4, 0.5) is 11.4 Å². The zero-order chi connectivity index (χ0) is 12.1. The average molecular weight is 226 g/mol. The second-order valence-electron chi connectivity index (χ2n) is 3.45. The van der Waals surface area contributed by atoms with Crippen LogP contribution < -0.4 is 0 Å². The highest BCUT2D eigenvalue weighted by Crippen LogP contribution is 2.13. The Labute approximate surface area is 98.4 Å². The van der Waals surface area contributed by atoms with E-state index in [1.54, 1.807) is 18.3 Å². The van der Waals surface area contributed by atoms with Crippen LogP contribution in [0.3, 0.4) is 0 Å². The molecule has 0 atom stereocenters. The fourth-order valence-electron chi connectivity index (χ4n) is 1.38. The summed E-state index contributed by atoms with van der Waals surface area (Å²) in [5, 5.41) is 10.6. The Bertz CT molecular complexity index is 550. The highest BCUT2D eigenvalue weighted by molar-refractivity contribution is 5.82. The van der Waals surface area contributed by atoms with Gasteiger partial charge in [-0.2, -0.15) is 0 Å². The normalized spacial score (nSPS) is 10.6. The molecule has 0 fully saturated rings. The van der Waals surface area contributed by atoms with Crippen molar-refractivity contribution in [3.63, 3.8) is 0 Å². The van der Waals surface area contributed by atoms with Gasteiger partial charge in [0.2, 0.25) is 0 Å². The summed E-state index contributed by atoms with van der Waals surface area (Å²) in [5.41, 5.74) is 1.60. The van der Waals surface area contributed by atoms with Gasteiger partial charge < -0.3 is 0 Å². The van der Waals surface area contributed by atoms with Crippen molar-refractivity contribution in [1.82, 2.24) is 0 Å². The maximum atomic E-state index is 10.6. The van der Waals surface area contributed by atoms with Gasteiger partial charge in [-0.05, 0) is 17.7 Å². The van der Waals surface area contributed by atoms with Crippen molar-refractivity contribution in [1.29, 1.82) is 0 Å². The molecule has 2 aromatic carbocycles. The molecule has 4 nitrogen and oxygen atoms in total. The monoisotopic (exact) mass is 226 g/mol. The minimum absolute atomic E-state index is 0.0713. The first-order valence-electron chi connectivity index (χ1n) is 5.09. The number of nitro groups is 1. The van der Waals surface area contributed by atoms with Gasteiger partial charge >= 0.3 is 0 Å². The fraction of sp³-hybridized carbons (Fsp3) is 0. The number of nitrogens with zero attached hydrogens (tertiary/aromatic N) is 2. The summed E-state index contributed by atoms with van der Waals surface area (Å²) in [6.45, 7) is 0. The SMILES string of the molecule is O=[N+]([O-])c1cccc(C=Nc2ccccc2)c1. The van der Waals surface area contributed by atoms with Crippen LogP contribution in [0, 0.1) is 10.1 Å². The number of hydrogen-bond acceptors (Lipinski definition) is 3. The van der Waals surface area contributed by atoms with Crippen LogP contribution in [0.5, 0.6) is 0 Å². The minimum atomic E-state index is -0.417. The van der Waals surface area contributed by atoms with Crippen molar-refractivity contribution in [2.24, 2.45) is 4.99 Å². The lowest BCUT2D eigenvalue weighted by Gasteiger charge is -1.94. The van der Waals surface area contributed by atoms with Gasteiger partial charge in [0.15, 0.2) is 0 Å². The van der Waals surface area contributed by atoms with Crippen molar-refractivity contribution in [3.05, 3.63) is 70.3 Å². The number of rotatable bonds is 3. The van der Waals surface area contributed by atoms with Gasteiger partial charge in [0.1, 0.15) is 0 Å². The van der Waals surface area contributed by atoms with Crippen molar-refractivity contribution in [2.45, 2.75) is 0 Å². The van der Waals surface area contributed by atoms with Crippen molar-refractivity contribution in [3.8, 4) is 0 Å². The van der Waals surface area contributed by atoms with Gasteiger partial charge in [0, 0.05) is 18.3 Å². The van der Waals surface area contributed by atoms with E-state index in [9.17, 15) is 10.1 Å². The summed E-state index contributed by atoms with van der Waals surface area (Å²) in [6, 6.07) is 15.8. The first kappa shape index (κ1) is 11.0. The van der Waals surface area contributed by atoms with Crippen molar-refractivity contribution < 1.29 is 4.92 Å². The molecule has 2 rings (SSSR count). The average Bonchev–Trinajstić information content (AvgIpc) is 2.38. The van der Waals surface area contributed by atoms with E-state index in [4.69, 9.17) is 0 Å². The summed E-state index contributed by atoms with van der Waals surface area (Å²) < 4.78 is 0. The van der Waals surface area contributed by atoms with E-state index in [1.165, 1.54) is 12.1 Å². The van der Waals surface area contributed by atoms with E-state index in [2.05, 4.69) is 4.99 Å². The molecule has 0 amide bonds. The zero-order valence-corrected chi connectivity index (χ0v) is 8.98. The third-order valence-electron chi connectivity index (χ3n) is 2.20. The second kappa shape index (κ2) is 5.03. The molecule has 4 heteroatoms. The first-order valence-corrected chi connectivity index (χ1v) is 5.09. The Kier molecular flexibility index (Phi) is 3.25. The molecule has 0 bridgehead atoms. The third-order valence-corrected chi connectivity index (χ3v) is 2.20. The summed E-state index contributed by atoms with van der Waals surface area (Å²) in [7, 11) is 0. The highest BCUT2D eigenvalue weighted by atomic mass is 16.6. The van der Waals surface area contributed by atoms with Gasteiger partial charge in [0.05, 0.1) is 10.6 Å². The van der Waals surface area contributed by atoms with Gasteiger partial charge in [-0.25, -0.2) is 0 Å². The number of aliphatic imine (C=N–C) groups is 1. The third kappa shape index (κ3) is 2.98. The summed E-state index contributed by atoms with van der Waals surface area (Å²) >= 11 is 0. The van der Waals surface area contributed by atoms with Crippen LogP contribution >= 0.6 is 0 Å². The van der Waals surface area contributed by atoms with Gasteiger partial charge in [-0.3, -0.25) is 15.1 Å². The molecule has 0 N–H and O–H groups in total. The second-order valence-corrected chi connectivity index (χ2v) is 3.45. The summed E-state index contributed by atoms with van der Waals surface area (Å²) in [4.78, 5) is 14.4. The lowest BCUT2D eigenvalue weighted by molar-refractivity contribution is -0.384. The zero-order valence-electron chi connectivity index (χ0n) is 8.98. The maximum absolute atomic E-state index is 10.6. The molecule has 0 aliphatic heterocycles. The van der Waals surface area contributed by atoms with Crippen LogP contribution in [0.2, 0.25) is 0 Å². The predicted molar refractivity (Wildman–Crippen MR) is 66.8 cm³/mol. The standard InChI is InChI=1S/C13H10N2O2/c16-15(17)13-8-4-5-11(9-13)10-14-12-6-2-1-3-7-12/h1-10H. The number of para-hydroxylation sites is 1. The van der Waals surface area contributed by atoms with Crippen LogP contribution in [-0.4, -0.2) is 11.1 Å². The van der Waals surface area contributed by atoms with E-state index in [1.807, 2.05) is 30.3 Å². The van der Waals surface area contributed by atoms with Gasteiger partial charge in [-0.1, -0.05) is 30.3 Å². The minimum Gasteiger partial charge on any atom is -0.258 e. The Morgan fingerprint density at radius 2 is 1.82 bits per heavy atom. The molecule has 0 heterocycles. The van der Waals surface area contributed by atoms with Gasteiger partial charge in [-0.15, -0.1) is 0 Å². The lowest BCUT2D eigenvalue weighted by Crippen LogP contribution is -1.89. The molecular weight excluding hydrogens is 216 g/mol. The van der Waals surface area contributed by atoms with Crippen LogP contribution in [0.25, 0.3) is 0 Å². The number of non-ortho nitro benzene ring substituents is 1. The first-order chi connectivity index (χ1) is 8.25. The van der Waals surface area contributed by atoms with Crippen molar-refractivity contribution >= 4 is 17.6 Å². The van der Waals surface area contributed by atoms with E-state index >= 15 is 0 Å². The lowest BCUT2D eigenvalue weighted by atomic mass is 10.2. The Morgan fingerprint density at radius 1 is 1.06 bits per heavy atom. The summed E-state index contributed by atoms with van der Waals surface area (Å²) in [6.07, 6.45) is 1.61. The van der Waals surface area contributed by atoms with Gasteiger partial charge in [0.25, 0.3) is 5.69 Å². The molecule has 0 radical (unpaired) electrons. The van der Waals surface area contributed by atoms with Crippen molar-refractivity contribution in [2.75, 3.05) is 0 Å². The van der Waals surface area contributed by atoms with Crippen LogP contribution in [-0.2, 0) is 0 Å². The molecule has 0 aromatic heterocycles. The Hall–Kier alpha value is -2.49. The topological polar surface area (TPSA) is 55.5 Å². The molecule has 0 unspecified atom stereocenters. The van der Waals surface area contributed by atoms with E-state index in [-0.39, 0.29) is 5.69 Å². The molecule has 0 saturated heterocycles. The quantitative estimate of drug-likeness (QED) is 0.458. The Balaban J connectivity index is 2.22. The van der Waals surface area contributed by atoms with Crippen LogP contribution in [0.15, 0.2) is 59.6 Å². The molecular formula is C13H10N2O2. The predicted octanol–water partition coefficient (Wildman–Crippen LogP) is 3.35. The number of benzene rings is 2. The van der Waals surface area contributed by atoms with E-state index in [0.29, 0.717) is 5.56 Å². The fourth-order valence-corrected chi connectivity index (χ4v) is 1.38. The maximum Gasteiger partial charge on any atom is 0.270 e. The van der Waals surface area contributed by atoms with Crippen LogP contribution in [0.1, 0.15) is 5.56 Å². The Morgan fingerprint density at radius 3 is 2.53 bits per heavy atom. The summed E-state index contributed by atoms with van der Waals surface area (Å²) in [5.74, 6) is 0. The molecule has 0 aliphatic carbocycles. The number of hydrogen-bond donors (Lipinski definition) is 0. The molecule has 17 heavy (non-hydrogen) atoms. The highest BCUT2D eigenvalue weighted by Gasteiger charge is 2.03. The largest absolute Gasteiger partial charge is 0.270 e. The molecule has 2 aromatic rings. The van der Waals surface area contributed by atoms with E-state index in [0.717, 1.165) is 5.69 Å².